The minimum absolute atomic E-state index is 0.0531. The fraction of sp³-hybridized carbons (Fsp3) is 0.400. The number of benzene rings is 2. The van der Waals surface area contributed by atoms with Crippen LogP contribution >= 0.6 is 0 Å². The van der Waals surface area contributed by atoms with E-state index in [9.17, 15) is 9.50 Å². The maximum Gasteiger partial charge on any atom is 0.126 e. The molecule has 1 aliphatic heterocycles. The van der Waals surface area contributed by atoms with Gasteiger partial charge in [-0.25, -0.2) is 4.39 Å². The maximum absolute atomic E-state index is 13.4. The second kappa shape index (κ2) is 7.14. The van der Waals surface area contributed by atoms with Crippen molar-refractivity contribution in [2.24, 2.45) is 0 Å². The number of likely N-dealkylation sites (tertiary alicyclic amines) is 1. The zero-order chi connectivity index (χ0) is 16.2. The summed E-state index contributed by atoms with van der Waals surface area (Å²) in [7, 11) is 2.18. The Balaban J connectivity index is 1.93. The summed E-state index contributed by atoms with van der Waals surface area (Å²) in [5.41, 5.74) is 1.99. The summed E-state index contributed by atoms with van der Waals surface area (Å²) in [5.74, 6) is -0.257. The van der Waals surface area contributed by atoms with Gasteiger partial charge in [0.2, 0.25) is 0 Å². The third-order valence-corrected chi connectivity index (χ3v) is 5.00. The first-order chi connectivity index (χ1) is 11.1. The molecule has 122 valence electrons. The molecule has 1 N–H and O–H groups in total. The number of halogens is 1. The van der Waals surface area contributed by atoms with Crippen LogP contribution in [0.1, 0.15) is 42.7 Å². The molecule has 0 saturated carbocycles. The van der Waals surface area contributed by atoms with Gasteiger partial charge in [0.25, 0.3) is 0 Å². The Morgan fingerprint density at radius 3 is 2.65 bits per heavy atom. The molecule has 2 nitrogen and oxygen atoms in total. The van der Waals surface area contributed by atoms with Gasteiger partial charge >= 0.3 is 0 Å². The lowest BCUT2D eigenvalue weighted by Crippen LogP contribution is -2.37. The van der Waals surface area contributed by atoms with E-state index >= 15 is 0 Å². The predicted octanol–water partition coefficient (Wildman–Crippen LogP) is 4.54. The van der Waals surface area contributed by atoms with Crippen LogP contribution in [0.4, 0.5) is 4.39 Å². The van der Waals surface area contributed by atoms with E-state index in [0.29, 0.717) is 6.04 Å². The lowest BCUT2D eigenvalue weighted by molar-refractivity contribution is 0.171. The molecule has 2 aromatic rings. The molecular weight excluding hydrogens is 289 g/mol. The summed E-state index contributed by atoms with van der Waals surface area (Å²) in [6.45, 7) is 1.13. The molecule has 0 spiro atoms. The van der Waals surface area contributed by atoms with Crippen LogP contribution in [0.25, 0.3) is 0 Å². The molecule has 0 aliphatic carbocycles. The third kappa shape index (κ3) is 3.73. The van der Waals surface area contributed by atoms with Gasteiger partial charge in [0.05, 0.1) is 0 Å². The average Bonchev–Trinajstić information content (AvgIpc) is 2.56. The number of nitrogens with zero attached hydrogens (tertiary/aromatic N) is 1. The van der Waals surface area contributed by atoms with Crippen LogP contribution in [0.2, 0.25) is 0 Å². The Labute approximate surface area is 137 Å². The molecule has 0 amide bonds. The standard InChI is InChI=1S/C20H24FNO/c1-22-12-6-5-9-17(22)14-19(15-7-3-2-4-8-15)18-11-10-16(21)13-20(18)23/h2-4,7-8,10-11,13,17,19,23H,5-6,9,12,14H2,1H3. The quantitative estimate of drug-likeness (QED) is 0.896. The molecule has 1 heterocycles. The zero-order valence-corrected chi connectivity index (χ0v) is 13.6. The van der Waals surface area contributed by atoms with Crippen LogP contribution in [0.3, 0.4) is 0 Å². The number of hydrogen-bond donors (Lipinski definition) is 1. The van der Waals surface area contributed by atoms with Crippen molar-refractivity contribution in [3.63, 3.8) is 0 Å². The van der Waals surface area contributed by atoms with Crippen molar-refractivity contribution in [3.8, 4) is 5.75 Å². The van der Waals surface area contributed by atoms with Gasteiger partial charge in [-0.1, -0.05) is 42.8 Å². The third-order valence-electron chi connectivity index (χ3n) is 5.00. The Morgan fingerprint density at radius 1 is 1.17 bits per heavy atom. The Morgan fingerprint density at radius 2 is 1.96 bits per heavy atom. The highest BCUT2D eigenvalue weighted by Crippen LogP contribution is 2.37. The highest BCUT2D eigenvalue weighted by Gasteiger charge is 2.26. The van der Waals surface area contributed by atoms with Crippen molar-refractivity contribution in [2.45, 2.75) is 37.6 Å². The van der Waals surface area contributed by atoms with Crippen LogP contribution in [-0.2, 0) is 0 Å². The average molecular weight is 313 g/mol. The van der Waals surface area contributed by atoms with Crippen molar-refractivity contribution in [1.29, 1.82) is 0 Å². The van der Waals surface area contributed by atoms with Gasteiger partial charge < -0.3 is 10.0 Å². The molecule has 23 heavy (non-hydrogen) atoms. The number of piperidine rings is 1. The molecular formula is C20H24FNO. The van der Waals surface area contributed by atoms with E-state index < -0.39 is 5.82 Å². The molecule has 3 heteroatoms. The van der Waals surface area contributed by atoms with Crippen molar-refractivity contribution in [2.75, 3.05) is 13.6 Å². The predicted molar refractivity (Wildman–Crippen MR) is 91.2 cm³/mol. The van der Waals surface area contributed by atoms with E-state index in [1.807, 2.05) is 18.2 Å². The Bertz CT molecular complexity index is 643. The summed E-state index contributed by atoms with van der Waals surface area (Å²) >= 11 is 0. The lowest BCUT2D eigenvalue weighted by atomic mass is 9.83. The van der Waals surface area contributed by atoms with Gasteiger partial charge in [0.1, 0.15) is 11.6 Å². The first-order valence-corrected chi connectivity index (χ1v) is 8.39. The van der Waals surface area contributed by atoms with E-state index in [1.54, 1.807) is 6.07 Å². The molecule has 2 atom stereocenters. The molecule has 3 rings (SSSR count). The zero-order valence-electron chi connectivity index (χ0n) is 13.6. The summed E-state index contributed by atoms with van der Waals surface area (Å²) in [5, 5.41) is 10.3. The van der Waals surface area contributed by atoms with Crippen LogP contribution in [-0.4, -0.2) is 29.6 Å². The number of hydrogen-bond acceptors (Lipinski definition) is 2. The van der Waals surface area contributed by atoms with Crippen molar-refractivity contribution >= 4 is 0 Å². The summed E-state index contributed by atoms with van der Waals surface area (Å²) in [6, 6.07) is 15.1. The molecule has 0 aromatic heterocycles. The van der Waals surface area contributed by atoms with E-state index in [2.05, 4.69) is 24.1 Å². The van der Waals surface area contributed by atoms with Gasteiger partial charge in [-0.2, -0.15) is 0 Å². The number of phenolic OH excluding ortho intramolecular Hbond substituents is 1. The SMILES string of the molecule is CN1CCCCC1CC(c1ccccc1)c1ccc(F)cc1O. The van der Waals surface area contributed by atoms with E-state index in [-0.39, 0.29) is 11.7 Å². The second-order valence-corrected chi connectivity index (χ2v) is 6.53. The lowest BCUT2D eigenvalue weighted by Gasteiger charge is -2.35. The minimum Gasteiger partial charge on any atom is -0.508 e. The fourth-order valence-corrected chi connectivity index (χ4v) is 3.65. The largest absolute Gasteiger partial charge is 0.508 e. The summed E-state index contributed by atoms with van der Waals surface area (Å²) < 4.78 is 13.4. The monoisotopic (exact) mass is 313 g/mol. The normalized spacial score (nSPS) is 20.3. The van der Waals surface area contributed by atoms with Gasteiger partial charge in [-0.05, 0) is 44.5 Å². The molecule has 2 unspecified atom stereocenters. The van der Waals surface area contributed by atoms with Crippen LogP contribution < -0.4 is 0 Å². The number of rotatable bonds is 4. The molecule has 1 saturated heterocycles. The number of phenols is 1. The second-order valence-electron chi connectivity index (χ2n) is 6.53. The fourth-order valence-electron chi connectivity index (χ4n) is 3.65. The topological polar surface area (TPSA) is 23.5 Å². The van der Waals surface area contributed by atoms with Crippen LogP contribution in [0.15, 0.2) is 48.5 Å². The molecule has 0 bridgehead atoms. The van der Waals surface area contributed by atoms with Crippen molar-refractivity contribution in [1.82, 2.24) is 4.90 Å². The number of aromatic hydroxyl groups is 1. The van der Waals surface area contributed by atoms with E-state index in [4.69, 9.17) is 0 Å². The van der Waals surface area contributed by atoms with Crippen LogP contribution in [0.5, 0.6) is 5.75 Å². The Hall–Kier alpha value is -1.87. The maximum atomic E-state index is 13.4. The highest BCUT2D eigenvalue weighted by molar-refractivity contribution is 5.41. The van der Waals surface area contributed by atoms with Crippen LogP contribution in [0, 0.1) is 5.82 Å². The smallest absolute Gasteiger partial charge is 0.126 e. The first-order valence-electron chi connectivity index (χ1n) is 8.39. The highest BCUT2D eigenvalue weighted by atomic mass is 19.1. The summed E-state index contributed by atoms with van der Waals surface area (Å²) in [6.07, 6.45) is 4.64. The Kier molecular flexibility index (Phi) is 4.97. The van der Waals surface area contributed by atoms with Gasteiger partial charge in [0.15, 0.2) is 0 Å². The van der Waals surface area contributed by atoms with Crippen molar-refractivity contribution in [3.05, 3.63) is 65.5 Å². The molecule has 2 aromatic carbocycles. The molecule has 1 fully saturated rings. The minimum atomic E-state index is -0.396. The van der Waals surface area contributed by atoms with Gasteiger partial charge in [-0.15, -0.1) is 0 Å². The van der Waals surface area contributed by atoms with E-state index in [1.165, 1.54) is 37.0 Å². The van der Waals surface area contributed by atoms with Gasteiger partial charge in [-0.3, -0.25) is 0 Å². The summed E-state index contributed by atoms with van der Waals surface area (Å²) in [4.78, 5) is 2.42. The van der Waals surface area contributed by atoms with Crippen molar-refractivity contribution < 1.29 is 9.50 Å². The van der Waals surface area contributed by atoms with Gasteiger partial charge in [0, 0.05) is 23.6 Å². The molecule has 1 aliphatic rings. The first kappa shape index (κ1) is 16.0. The van der Waals surface area contributed by atoms with E-state index in [0.717, 1.165) is 18.5 Å². The molecule has 0 radical (unpaired) electrons.